The fourth-order valence-electron chi connectivity index (χ4n) is 0.361. The van der Waals surface area contributed by atoms with Crippen molar-refractivity contribution in [3.05, 3.63) is 12.2 Å². The van der Waals surface area contributed by atoms with Crippen LogP contribution in [0.25, 0.3) is 0 Å². The van der Waals surface area contributed by atoms with E-state index < -0.39 is 12.1 Å². The van der Waals surface area contributed by atoms with Crippen LogP contribution >= 0.6 is 0 Å². The Hall–Kier alpha value is -1.40. The highest BCUT2D eigenvalue weighted by atomic mass is 16.6. The van der Waals surface area contributed by atoms with Gasteiger partial charge in [0, 0.05) is 5.57 Å². The summed E-state index contributed by atoms with van der Waals surface area (Å²) >= 11 is 0. The molecule has 0 amide bonds. The monoisotopic (exact) mass is 247 g/mol. The van der Waals surface area contributed by atoms with Crippen LogP contribution in [0.1, 0.15) is 20.8 Å². The van der Waals surface area contributed by atoms with Crippen LogP contribution < -0.4 is 0 Å². The summed E-state index contributed by atoms with van der Waals surface area (Å²) in [7, 11) is 3.69. The molecule has 0 saturated heterocycles. The van der Waals surface area contributed by atoms with Crippen molar-refractivity contribution in [2.75, 3.05) is 14.1 Å². The molecule has 0 aromatic carbocycles. The van der Waals surface area contributed by atoms with Gasteiger partial charge in [-0.05, 0) is 34.9 Å². The lowest BCUT2D eigenvalue weighted by Crippen LogP contribution is -2.30. The minimum atomic E-state index is -1.23. The molecule has 0 aliphatic rings. The molecular formula is C11H21NO5. The van der Waals surface area contributed by atoms with Crippen LogP contribution in [0.3, 0.4) is 0 Å². The van der Waals surface area contributed by atoms with E-state index >= 15 is 0 Å². The number of hydrogen-bond acceptors (Lipinski definition) is 5. The van der Waals surface area contributed by atoms with E-state index in [-0.39, 0.29) is 12.2 Å². The zero-order valence-electron chi connectivity index (χ0n) is 10.9. The Morgan fingerprint density at radius 2 is 1.65 bits per heavy atom. The first-order valence-electron chi connectivity index (χ1n) is 5.03. The number of aliphatic hydroxyl groups is 1. The molecule has 0 aliphatic heterocycles. The fraction of sp³-hybridized carbons (Fsp3) is 0.636. The summed E-state index contributed by atoms with van der Waals surface area (Å²) in [5, 5.41) is 15.8. The molecule has 100 valence electrons. The van der Waals surface area contributed by atoms with Crippen molar-refractivity contribution in [2.45, 2.75) is 33.1 Å². The second kappa shape index (κ2) is 8.72. The molecule has 0 radical (unpaired) electrons. The van der Waals surface area contributed by atoms with Crippen LogP contribution in [0.2, 0.25) is 0 Å². The van der Waals surface area contributed by atoms with Crippen LogP contribution in [-0.2, 0) is 14.3 Å². The lowest BCUT2D eigenvalue weighted by atomic mass is 10.4. The maximum Gasteiger partial charge on any atom is 0.334 e. The van der Waals surface area contributed by atoms with E-state index in [1.807, 2.05) is 14.1 Å². The highest BCUT2D eigenvalue weighted by Crippen LogP contribution is 1.99. The topological polar surface area (TPSA) is 87.1 Å². The second-order valence-electron chi connectivity index (χ2n) is 3.76. The number of carboxylic acids is 1. The van der Waals surface area contributed by atoms with Gasteiger partial charge < -0.3 is 14.9 Å². The lowest BCUT2D eigenvalue weighted by molar-refractivity contribution is -0.150. The number of carbonyl (C=O) groups excluding carboxylic acids is 1. The molecule has 0 heterocycles. The zero-order valence-corrected chi connectivity index (χ0v) is 10.9. The van der Waals surface area contributed by atoms with Gasteiger partial charge in [0.25, 0.3) is 0 Å². The molecule has 0 aromatic rings. The lowest BCUT2D eigenvalue weighted by Gasteiger charge is -2.19. The van der Waals surface area contributed by atoms with Gasteiger partial charge in [-0.15, -0.1) is 0 Å². The number of ether oxygens (including phenoxy) is 1. The first kappa shape index (κ1) is 18.0. The Morgan fingerprint density at radius 1 is 1.29 bits per heavy atom. The van der Waals surface area contributed by atoms with Crippen molar-refractivity contribution in [3.8, 4) is 0 Å². The Labute approximate surface area is 101 Å². The second-order valence-corrected chi connectivity index (χ2v) is 3.76. The molecule has 0 aromatic heterocycles. The van der Waals surface area contributed by atoms with Crippen molar-refractivity contribution < 1.29 is 24.5 Å². The zero-order chi connectivity index (χ0) is 14.2. The molecule has 6 heteroatoms. The highest BCUT2D eigenvalue weighted by Gasteiger charge is 2.10. The molecule has 6 nitrogen and oxygen atoms in total. The van der Waals surface area contributed by atoms with Crippen molar-refractivity contribution in [1.29, 1.82) is 0 Å². The number of aliphatic hydroxyl groups excluding tert-OH is 1. The maximum atomic E-state index is 10.9. The van der Waals surface area contributed by atoms with E-state index in [2.05, 4.69) is 6.58 Å². The van der Waals surface area contributed by atoms with E-state index in [1.54, 1.807) is 18.7 Å². The average molecular weight is 247 g/mol. The van der Waals surface area contributed by atoms with Gasteiger partial charge in [-0.1, -0.05) is 6.58 Å². The summed E-state index contributed by atoms with van der Waals surface area (Å²) in [6, 6.07) is 0. The Morgan fingerprint density at radius 3 is 1.82 bits per heavy atom. The number of carbonyl (C=O) groups is 2. The van der Waals surface area contributed by atoms with Gasteiger partial charge in [-0.25, -0.2) is 9.59 Å². The van der Waals surface area contributed by atoms with Gasteiger partial charge in [0.1, 0.15) is 6.10 Å². The molecule has 0 rings (SSSR count). The Balaban J connectivity index is 0. The van der Waals surface area contributed by atoms with Crippen LogP contribution in [0.4, 0.5) is 0 Å². The summed E-state index contributed by atoms with van der Waals surface area (Å²) < 4.78 is 4.96. The fourth-order valence-corrected chi connectivity index (χ4v) is 0.361. The number of carboxylic acid groups (broad SMARTS) is 1. The van der Waals surface area contributed by atoms with Crippen molar-refractivity contribution in [3.63, 3.8) is 0 Å². The number of hydrogen-bond donors (Lipinski definition) is 2. The summed E-state index contributed by atoms with van der Waals surface area (Å²) in [5.74, 6) is -1.53. The average Bonchev–Trinajstić information content (AvgIpc) is 2.17. The third-order valence-electron chi connectivity index (χ3n) is 1.71. The van der Waals surface area contributed by atoms with E-state index in [1.165, 1.54) is 6.92 Å². The largest absolute Gasteiger partial charge is 0.479 e. The number of aliphatic carboxylic acids is 1. The van der Waals surface area contributed by atoms with Gasteiger partial charge in [-0.2, -0.15) is 0 Å². The number of esters is 1. The minimum Gasteiger partial charge on any atom is -0.479 e. The predicted octanol–water partition coefficient (Wildman–Crippen LogP) is 0.465. The normalized spacial score (nSPS) is 13.1. The molecule has 0 spiro atoms. The number of rotatable bonds is 4. The van der Waals surface area contributed by atoms with Crippen molar-refractivity contribution in [2.24, 2.45) is 0 Å². The molecule has 2 atom stereocenters. The van der Waals surface area contributed by atoms with Crippen LogP contribution in [0.15, 0.2) is 12.2 Å². The third-order valence-corrected chi connectivity index (χ3v) is 1.71. The van der Waals surface area contributed by atoms with Gasteiger partial charge in [0.05, 0.1) is 0 Å². The van der Waals surface area contributed by atoms with Gasteiger partial charge in [0.15, 0.2) is 6.23 Å². The van der Waals surface area contributed by atoms with Crippen molar-refractivity contribution in [1.82, 2.24) is 4.90 Å². The quantitative estimate of drug-likeness (QED) is 0.426. The summed E-state index contributed by atoms with van der Waals surface area (Å²) in [6.07, 6.45) is -1.43. The number of nitrogens with zero attached hydrogens (tertiary/aromatic N) is 1. The first-order valence-corrected chi connectivity index (χ1v) is 5.03. The van der Waals surface area contributed by atoms with Gasteiger partial charge in [0.2, 0.25) is 0 Å². The highest BCUT2D eigenvalue weighted by molar-refractivity contribution is 5.87. The summed E-state index contributed by atoms with van der Waals surface area (Å²) in [5.41, 5.74) is 0.429. The third kappa shape index (κ3) is 10.9. The van der Waals surface area contributed by atoms with E-state index in [0.717, 1.165) is 0 Å². The smallest absolute Gasteiger partial charge is 0.334 e. The van der Waals surface area contributed by atoms with Gasteiger partial charge >= 0.3 is 11.9 Å². The molecule has 2 unspecified atom stereocenters. The minimum absolute atomic E-state index is 0.195. The van der Waals surface area contributed by atoms with Gasteiger partial charge in [-0.3, -0.25) is 4.90 Å². The van der Waals surface area contributed by atoms with E-state index in [0.29, 0.717) is 5.57 Å². The van der Waals surface area contributed by atoms with E-state index in [4.69, 9.17) is 14.9 Å². The molecule has 2 N–H and O–H groups in total. The molecule has 0 fully saturated rings. The molecule has 17 heavy (non-hydrogen) atoms. The van der Waals surface area contributed by atoms with Crippen LogP contribution in [0.5, 0.6) is 0 Å². The molecule has 0 aliphatic carbocycles. The Bertz CT molecular complexity index is 273. The molecule has 0 bridgehead atoms. The maximum absolute atomic E-state index is 10.9. The first-order chi connectivity index (χ1) is 7.59. The van der Waals surface area contributed by atoms with Crippen LogP contribution in [-0.4, -0.2) is 53.5 Å². The van der Waals surface area contributed by atoms with Crippen LogP contribution in [0, 0.1) is 0 Å². The molecular weight excluding hydrogens is 226 g/mol. The standard InChI is InChI=1S/C8H15NO2.C3H6O3/c1-6(2)8(10)11-7(3)9(4)5;1-2(4)3(5)6/h7H,1H2,2-5H3;2,4H,1H3,(H,5,6). The predicted molar refractivity (Wildman–Crippen MR) is 63.4 cm³/mol. The SMILES string of the molecule is C=C(C)C(=O)OC(C)N(C)C.CC(O)C(=O)O. The Kier molecular flexibility index (Phi) is 9.22. The summed E-state index contributed by atoms with van der Waals surface area (Å²) in [6.45, 7) is 8.11. The van der Waals surface area contributed by atoms with Crippen molar-refractivity contribution >= 4 is 11.9 Å². The molecule has 0 saturated carbocycles. The van der Waals surface area contributed by atoms with E-state index in [9.17, 15) is 9.59 Å². The summed E-state index contributed by atoms with van der Waals surface area (Å²) in [4.78, 5) is 22.2.